The maximum atomic E-state index is 12.5. The van der Waals surface area contributed by atoms with Crippen molar-refractivity contribution in [3.8, 4) is 5.75 Å². The van der Waals surface area contributed by atoms with Crippen LogP contribution in [0.5, 0.6) is 5.75 Å². The first-order chi connectivity index (χ1) is 11.3. The van der Waals surface area contributed by atoms with Gasteiger partial charge in [-0.1, -0.05) is 30.4 Å². The molecule has 0 unspecified atom stereocenters. The van der Waals surface area contributed by atoms with Crippen LogP contribution in [0.15, 0.2) is 60.2 Å². The van der Waals surface area contributed by atoms with Crippen LogP contribution in [-0.4, -0.2) is 25.5 Å². The third kappa shape index (κ3) is 4.42. The SMILES string of the molecule is O=C(c1ccc(OCC2=CC=CC=CC2)cc1)C1CCNCC1. The highest BCUT2D eigenvalue weighted by Gasteiger charge is 2.21. The molecule has 3 rings (SSSR count). The van der Waals surface area contributed by atoms with E-state index in [4.69, 9.17) is 4.74 Å². The van der Waals surface area contributed by atoms with Gasteiger partial charge in [-0.15, -0.1) is 0 Å². The number of ether oxygens (including phenoxy) is 1. The molecule has 1 heterocycles. The lowest BCUT2D eigenvalue weighted by Gasteiger charge is -2.21. The summed E-state index contributed by atoms with van der Waals surface area (Å²) in [4.78, 5) is 12.5. The molecule has 1 N–H and O–H groups in total. The molecule has 1 saturated heterocycles. The first-order valence-electron chi connectivity index (χ1n) is 8.32. The molecule has 0 radical (unpaired) electrons. The Balaban J connectivity index is 1.56. The monoisotopic (exact) mass is 309 g/mol. The molecule has 1 aromatic carbocycles. The van der Waals surface area contributed by atoms with Crippen LogP contribution in [0.25, 0.3) is 0 Å². The Morgan fingerprint density at radius 1 is 1.09 bits per heavy atom. The minimum Gasteiger partial charge on any atom is -0.489 e. The smallest absolute Gasteiger partial charge is 0.166 e. The van der Waals surface area contributed by atoms with Crippen LogP contribution in [0.1, 0.15) is 29.6 Å². The van der Waals surface area contributed by atoms with E-state index in [0.717, 1.165) is 43.7 Å². The second kappa shape index (κ2) is 7.93. The molecule has 0 amide bonds. The highest BCUT2D eigenvalue weighted by Crippen LogP contribution is 2.21. The number of ketones is 1. The topological polar surface area (TPSA) is 38.3 Å². The highest BCUT2D eigenvalue weighted by atomic mass is 16.5. The van der Waals surface area contributed by atoms with Crippen molar-refractivity contribution in [2.24, 2.45) is 5.92 Å². The number of allylic oxidation sites excluding steroid dienone is 5. The molecular weight excluding hydrogens is 286 g/mol. The summed E-state index contributed by atoms with van der Waals surface area (Å²) in [6.45, 7) is 2.46. The molecule has 0 spiro atoms. The summed E-state index contributed by atoms with van der Waals surface area (Å²) in [5, 5.41) is 3.30. The molecule has 0 atom stereocenters. The van der Waals surface area contributed by atoms with Gasteiger partial charge in [0, 0.05) is 11.5 Å². The Hall–Kier alpha value is -2.13. The number of nitrogens with one attached hydrogen (secondary N) is 1. The number of benzene rings is 1. The number of carbonyl (C=O) groups is 1. The van der Waals surface area contributed by atoms with E-state index in [2.05, 4.69) is 17.5 Å². The van der Waals surface area contributed by atoms with E-state index in [9.17, 15) is 4.79 Å². The largest absolute Gasteiger partial charge is 0.489 e. The van der Waals surface area contributed by atoms with E-state index in [1.807, 2.05) is 42.5 Å². The normalized spacial score (nSPS) is 18.3. The van der Waals surface area contributed by atoms with Crippen molar-refractivity contribution in [2.45, 2.75) is 19.3 Å². The average molecular weight is 309 g/mol. The molecule has 1 aromatic rings. The van der Waals surface area contributed by atoms with E-state index in [1.165, 1.54) is 5.57 Å². The average Bonchev–Trinajstić information content (AvgIpc) is 2.89. The van der Waals surface area contributed by atoms with Crippen LogP contribution in [0, 0.1) is 5.92 Å². The third-order valence-corrected chi connectivity index (χ3v) is 4.34. The van der Waals surface area contributed by atoms with Crippen molar-refractivity contribution in [1.82, 2.24) is 5.32 Å². The van der Waals surface area contributed by atoms with E-state index < -0.39 is 0 Å². The van der Waals surface area contributed by atoms with E-state index in [-0.39, 0.29) is 11.7 Å². The summed E-state index contributed by atoms with van der Waals surface area (Å²) in [7, 11) is 0. The summed E-state index contributed by atoms with van der Waals surface area (Å²) in [5.41, 5.74) is 2.04. The lowest BCUT2D eigenvalue weighted by Crippen LogP contribution is -2.31. The predicted molar refractivity (Wildman–Crippen MR) is 92.8 cm³/mol. The number of hydrogen-bond donors (Lipinski definition) is 1. The zero-order chi connectivity index (χ0) is 15.9. The Morgan fingerprint density at radius 2 is 1.87 bits per heavy atom. The first-order valence-corrected chi connectivity index (χ1v) is 8.32. The van der Waals surface area contributed by atoms with Crippen LogP contribution in [0.3, 0.4) is 0 Å². The van der Waals surface area contributed by atoms with Crippen molar-refractivity contribution in [3.05, 3.63) is 65.8 Å². The van der Waals surface area contributed by atoms with Crippen molar-refractivity contribution in [3.63, 3.8) is 0 Å². The molecular formula is C20H23NO2. The summed E-state index contributed by atoms with van der Waals surface area (Å²) in [6.07, 6.45) is 13.1. The number of carbonyl (C=O) groups excluding carboxylic acids is 1. The van der Waals surface area contributed by atoms with Crippen LogP contribution < -0.4 is 10.1 Å². The van der Waals surface area contributed by atoms with E-state index >= 15 is 0 Å². The Morgan fingerprint density at radius 3 is 2.65 bits per heavy atom. The van der Waals surface area contributed by atoms with Gasteiger partial charge in [0.25, 0.3) is 0 Å². The third-order valence-electron chi connectivity index (χ3n) is 4.34. The van der Waals surface area contributed by atoms with Crippen molar-refractivity contribution >= 4 is 5.78 Å². The molecule has 1 fully saturated rings. The van der Waals surface area contributed by atoms with Gasteiger partial charge in [-0.2, -0.15) is 0 Å². The quantitative estimate of drug-likeness (QED) is 0.843. The van der Waals surface area contributed by atoms with Gasteiger partial charge in [-0.05, 0) is 62.2 Å². The zero-order valence-electron chi connectivity index (χ0n) is 13.3. The second-order valence-corrected chi connectivity index (χ2v) is 6.04. The van der Waals surface area contributed by atoms with Crippen molar-refractivity contribution in [2.75, 3.05) is 19.7 Å². The van der Waals surface area contributed by atoms with Crippen LogP contribution in [0.4, 0.5) is 0 Å². The zero-order valence-corrected chi connectivity index (χ0v) is 13.3. The number of rotatable bonds is 5. The van der Waals surface area contributed by atoms with Gasteiger partial charge in [0.1, 0.15) is 12.4 Å². The lowest BCUT2D eigenvalue weighted by molar-refractivity contribution is 0.0895. The van der Waals surface area contributed by atoms with Crippen molar-refractivity contribution < 1.29 is 9.53 Å². The predicted octanol–water partition coefficient (Wildman–Crippen LogP) is 3.69. The maximum absolute atomic E-state index is 12.5. The molecule has 1 aliphatic carbocycles. The number of Topliss-reactive ketones (excluding diaryl/α,β-unsaturated/α-hetero) is 1. The molecule has 3 heteroatoms. The summed E-state index contributed by atoms with van der Waals surface area (Å²) < 4.78 is 5.82. The molecule has 23 heavy (non-hydrogen) atoms. The number of piperidine rings is 1. The molecule has 3 nitrogen and oxygen atoms in total. The standard InChI is InChI=1S/C20H23NO2/c22-20(18-11-13-21-14-12-18)17-7-9-19(10-8-17)23-15-16-5-3-1-2-4-6-16/h1-5,7-10,18,21H,6,11-15H2. The first kappa shape index (κ1) is 15.8. The molecule has 120 valence electrons. The van der Waals surface area contributed by atoms with Crippen molar-refractivity contribution in [1.29, 1.82) is 0 Å². The number of hydrogen-bond acceptors (Lipinski definition) is 3. The van der Waals surface area contributed by atoms with Gasteiger partial charge in [-0.3, -0.25) is 4.79 Å². The maximum Gasteiger partial charge on any atom is 0.166 e. The van der Waals surface area contributed by atoms with Gasteiger partial charge in [0.15, 0.2) is 5.78 Å². The summed E-state index contributed by atoms with van der Waals surface area (Å²) in [5.74, 6) is 1.24. The summed E-state index contributed by atoms with van der Waals surface area (Å²) >= 11 is 0. The molecule has 0 bridgehead atoms. The van der Waals surface area contributed by atoms with E-state index in [0.29, 0.717) is 6.61 Å². The molecule has 2 aliphatic rings. The van der Waals surface area contributed by atoms with Gasteiger partial charge < -0.3 is 10.1 Å². The van der Waals surface area contributed by atoms with Gasteiger partial charge >= 0.3 is 0 Å². The fourth-order valence-electron chi connectivity index (χ4n) is 2.94. The van der Waals surface area contributed by atoms with Crippen LogP contribution >= 0.6 is 0 Å². The minimum absolute atomic E-state index is 0.165. The fraction of sp³-hybridized carbons (Fsp3) is 0.350. The lowest BCUT2D eigenvalue weighted by atomic mass is 9.90. The van der Waals surface area contributed by atoms with E-state index in [1.54, 1.807) is 0 Å². The Bertz CT molecular complexity index is 620. The molecule has 1 aliphatic heterocycles. The minimum atomic E-state index is 0.165. The van der Waals surface area contributed by atoms with Gasteiger partial charge in [0.2, 0.25) is 0 Å². The molecule has 0 aromatic heterocycles. The Labute approximate surface area is 137 Å². The highest BCUT2D eigenvalue weighted by molar-refractivity contribution is 5.98. The van der Waals surface area contributed by atoms with Gasteiger partial charge in [0.05, 0.1) is 0 Å². The van der Waals surface area contributed by atoms with Gasteiger partial charge in [-0.25, -0.2) is 0 Å². The second-order valence-electron chi connectivity index (χ2n) is 6.04. The molecule has 0 saturated carbocycles. The fourth-order valence-corrected chi connectivity index (χ4v) is 2.94. The van der Waals surface area contributed by atoms with Crippen LogP contribution in [-0.2, 0) is 0 Å². The Kier molecular flexibility index (Phi) is 5.43. The van der Waals surface area contributed by atoms with Crippen LogP contribution in [0.2, 0.25) is 0 Å². The summed E-state index contributed by atoms with van der Waals surface area (Å²) in [6, 6.07) is 7.58.